The lowest BCUT2D eigenvalue weighted by molar-refractivity contribution is -0.137. The van der Waals surface area contributed by atoms with E-state index in [0.29, 0.717) is 6.07 Å². The first-order valence-corrected chi connectivity index (χ1v) is 5.45. The van der Waals surface area contributed by atoms with Gasteiger partial charge in [-0.2, -0.15) is 13.2 Å². The van der Waals surface area contributed by atoms with Crippen molar-refractivity contribution in [3.8, 4) is 11.1 Å². The summed E-state index contributed by atoms with van der Waals surface area (Å²) in [4.78, 5) is 10.9. The van der Waals surface area contributed by atoms with Crippen molar-refractivity contribution in [1.29, 1.82) is 0 Å². The van der Waals surface area contributed by atoms with Gasteiger partial charge < -0.3 is 0 Å². The quantitative estimate of drug-likeness (QED) is 0.588. The van der Waals surface area contributed by atoms with Crippen molar-refractivity contribution in [2.24, 2.45) is 0 Å². The van der Waals surface area contributed by atoms with E-state index in [1.54, 1.807) is 0 Å². The molecule has 0 N–H and O–H groups in total. The van der Waals surface area contributed by atoms with Crippen LogP contribution in [0.5, 0.6) is 0 Å². The molecule has 0 saturated carbocycles. The fourth-order valence-corrected chi connectivity index (χ4v) is 1.83. The second-order valence-corrected chi connectivity index (χ2v) is 4.02. The molecule has 0 atom stereocenters. The smallest absolute Gasteiger partial charge is 0.298 e. The largest absolute Gasteiger partial charge is 0.416 e. The first-order valence-electron chi connectivity index (χ1n) is 5.45. The number of aldehydes is 1. The number of halogens is 5. The van der Waals surface area contributed by atoms with E-state index in [4.69, 9.17) is 0 Å². The molecule has 0 fully saturated rings. The van der Waals surface area contributed by atoms with E-state index < -0.39 is 34.5 Å². The summed E-state index contributed by atoms with van der Waals surface area (Å²) in [5.41, 5.74) is -2.59. The molecular weight excluding hydrogens is 279 g/mol. The molecule has 6 heteroatoms. The van der Waals surface area contributed by atoms with E-state index in [2.05, 4.69) is 0 Å². The highest BCUT2D eigenvalue weighted by Crippen LogP contribution is 2.35. The van der Waals surface area contributed by atoms with Gasteiger partial charge in [0.05, 0.1) is 5.56 Å². The van der Waals surface area contributed by atoms with E-state index in [0.717, 1.165) is 6.07 Å². The molecule has 1 nitrogen and oxygen atoms in total. The maximum atomic E-state index is 13.9. The average Bonchev–Trinajstić information content (AvgIpc) is 2.38. The van der Waals surface area contributed by atoms with Crippen molar-refractivity contribution < 1.29 is 26.7 Å². The molecule has 104 valence electrons. The van der Waals surface area contributed by atoms with Crippen molar-refractivity contribution >= 4 is 6.29 Å². The maximum Gasteiger partial charge on any atom is 0.416 e. The number of rotatable bonds is 2. The van der Waals surface area contributed by atoms with Crippen LogP contribution in [0.25, 0.3) is 11.1 Å². The Balaban J connectivity index is 2.72. The Kier molecular flexibility index (Phi) is 3.57. The van der Waals surface area contributed by atoms with Crippen LogP contribution in [-0.4, -0.2) is 6.29 Å². The molecule has 0 heterocycles. The minimum absolute atomic E-state index is 0.0695. The normalized spacial score (nSPS) is 11.4. The van der Waals surface area contributed by atoms with Crippen LogP contribution >= 0.6 is 0 Å². The molecule has 0 amide bonds. The second kappa shape index (κ2) is 5.03. The van der Waals surface area contributed by atoms with Gasteiger partial charge in [-0.1, -0.05) is 18.2 Å². The van der Waals surface area contributed by atoms with Gasteiger partial charge >= 0.3 is 6.18 Å². The van der Waals surface area contributed by atoms with Crippen LogP contribution in [0.4, 0.5) is 22.0 Å². The number of alkyl halides is 3. The number of carbonyl (C=O) groups is 1. The molecule has 2 rings (SSSR count). The Labute approximate surface area is 110 Å². The predicted octanol–water partition coefficient (Wildman–Crippen LogP) is 4.46. The van der Waals surface area contributed by atoms with Crippen LogP contribution in [0.1, 0.15) is 15.9 Å². The minimum atomic E-state index is -4.79. The average molecular weight is 286 g/mol. The van der Waals surface area contributed by atoms with Crippen LogP contribution < -0.4 is 0 Å². The number of benzene rings is 2. The molecule has 0 aromatic heterocycles. The molecule has 2 aromatic rings. The van der Waals surface area contributed by atoms with Crippen molar-refractivity contribution in [2.75, 3.05) is 0 Å². The standard InChI is InChI=1S/C14H7F5O/c15-11-4-2-1-3-10(11)13-8(7-20)5-9(6-12(13)16)14(17,18)19/h1-7H. The van der Waals surface area contributed by atoms with Gasteiger partial charge in [0.25, 0.3) is 0 Å². The lowest BCUT2D eigenvalue weighted by Gasteiger charge is -2.12. The van der Waals surface area contributed by atoms with Crippen LogP contribution in [0, 0.1) is 11.6 Å². The Morgan fingerprint density at radius 1 is 0.950 bits per heavy atom. The Hall–Kier alpha value is -2.24. The fourth-order valence-electron chi connectivity index (χ4n) is 1.83. The molecule has 0 aliphatic carbocycles. The molecule has 0 saturated heterocycles. The molecule has 0 radical (unpaired) electrons. The van der Waals surface area contributed by atoms with Gasteiger partial charge in [0.1, 0.15) is 11.6 Å². The van der Waals surface area contributed by atoms with Crippen LogP contribution in [-0.2, 0) is 6.18 Å². The summed E-state index contributed by atoms with van der Waals surface area (Å²) < 4.78 is 65.1. The zero-order chi connectivity index (χ0) is 14.9. The summed E-state index contributed by atoms with van der Waals surface area (Å²) in [6.07, 6.45) is -4.72. The van der Waals surface area contributed by atoms with Crippen molar-refractivity contribution in [2.45, 2.75) is 6.18 Å². The first kappa shape index (κ1) is 14.2. The highest BCUT2D eigenvalue weighted by Gasteiger charge is 2.32. The van der Waals surface area contributed by atoms with Crippen molar-refractivity contribution in [1.82, 2.24) is 0 Å². The minimum Gasteiger partial charge on any atom is -0.298 e. The highest BCUT2D eigenvalue weighted by molar-refractivity contribution is 5.88. The summed E-state index contributed by atoms with van der Waals surface area (Å²) in [7, 11) is 0. The summed E-state index contributed by atoms with van der Waals surface area (Å²) >= 11 is 0. The fraction of sp³-hybridized carbons (Fsp3) is 0.0714. The van der Waals surface area contributed by atoms with Gasteiger partial charge in [0.2, 0.25) is 0 Å². The van der Waals surface area contributed by atoms with E-state index in [1.807, 2.05) is 0 Å². The van der Waals surface area contributed by atoms with Gasteiger partial charge in [0.15, 0.2) is 6.29 Å². The molecule has 0 bridgehead atoms. The van der Waals surface area contributed by atoms with Gasteiger partial charge in [-0.25, -0.2) is 8.78 Å². The molecule has 0 unspecified atom stereocenters. The van der Waals surface area contributed by atoms with Crippen molar-refractivity contribution in [3.05, 3.63) is 59.2 Å². The molecular formula is C14H7F5O. The first-order chi connectivity index (χ1) is 9.34. The predicted molar refractivity (Wildman–Crippen MR) is 62.2 cm³/mol. The SMILES string of the molecule is O=Cc1cc(C(F)(F)F)cc(F)c1-c1ccccc1F. The third-order valence-corrected chi connectivity index (χ3v) is 2.72. The third kappa shape index (κ3) is 2.54. The lowest BCUT2D eigenvalue weighted by Crippen LogP contribution is -2.08. The summed E-state index contributed by atoms with van der Waals surface area (Å²) in [6.45, 7) is 0. The molecule has 2 aromatic carbocycles. The van der Waals surface area contributed by atoms with Gasteiger partial charge in [-0.05, 0) is 18.2 Å². The van der Waals surface area contributed by atoms with Gasteiger partial charge in [-0.15, -0.1) is 0 Å². The van der Waals surface area contributed by atoms with Crippen LogP contribution in [0.2, 0.25) is 0 Å². The Morgan fingerprint density at radius 2 is 1.60 bits per heavy atom. The Bertz CT molecular complexity index is 661. The van der Waals surface area contributed by atoms with E-state index in [9.17, 15) is 26.7 Å². The number of carbonyl (C=O) groups excluding carboxylic acids is 1. The van der Waals surface area contributed by atoms with Gasteiger partial charge in [0, 0.05) is 16.7 Å². The topological polar surface area (TPSA) is 17.1 Å². The molecule has 0 aliphatic heterocycles. The van der Waals surface area contributed by atoms with E-state index in [-0.39, 0.29) is 17.9 Å². The summed E-state index contributed by atoms with van der Waals surface area (Å²) in [5.74, 6) is -2.12. The lowest BCUT2D eigenvalue weighted by atomic mass is 9.97. The summed E-state index contributed by atoms with van der Waals surface area (Å²) in [5, 5.41) is 0. The second-order valence-electron chi connectivity index (χ2n) is 4.02. The zero-order valence-electron chi connectivity index (χ0n) is 9.84. The van der Waals surface area contributed by atoms with Crippen LogP contribution in [0.3, 0.4) is 0 Å². The van der Waals surface area contributed by atoms with Crippen LogP contribution in [0.15, 0.2) is 36.4 Å². The third-order valence-electron chi connectivity index (χ3n) is 2.72. The highest BCUT2D eigenvalue weighted by atomic mass is 19.4. The maximum absolute atomic E-state index is 13.9. The molecule has 0 aliphatic rings. The van der Waals surface area contributed by atoms with Crippen molar-refractivity contribution in [3.63, 3.8) is 0 Å². The Morgan fingerprint density at radius 3 is 2.15 bits per heavy atom. The molecule has 0 spiro atoms. The van der Waals surface area contributed by atoms with E-state index in [1.165, 1.54) is 18.2 Å². The van der Waals surface area contributed by atoms with Gasteiger partial charge in [-0.3, -0.25) is 4.79 Å². The van der Waals surface area contributed by atoms with E-state index >= 15 is 0 Å². The number of hydrogen-bond donors (Lipinski definition) is 0. The number of hydrogen-bond acceptors (Lipinski definition) is 1. The monoisotopic (exact) mass is 286 g/mol. The molecule has 20 heavy (non-hydrogen) atoms. The zero-order valence-corrected chi connectivity index (χ0v) is 9.84. The summed E-state index contributed by atoms with van der Waals surface area (Å²) in [6, 6.07) is 5.70.